The molecule has 8 heteroatoms. The van der Waals surface area contributed by atoms with E-state index in [1.54, 1.807) is 6.33 Å². The number of hydrogen-bond acceptors (Lipinski definition) is 7. The zero-order valence-electron chi connectivity index (χ0n) is 17.0. The highest BCUT2D eigenvalue weighted by Crippen LogP contribution is 2.21. The summed E-state index contributed by atoms with van der Waals surface area (Å²) in [6, 6.07) is 17.8. The van der Waals surface area contributed by atoms with Crippen LogP contribution in [0.3, 0.4) is 0 Å². The topological polar surface area (TPSA) is 105 Å². The van der Waals surface area contributed by atoms with Crippen molar-refractivity contribution < 1.29 is 14.3 Å². The molecule has 0 amide bonds. The molecule has 0 spiro atoms. The van der Waals surface area contributed by atoms with Crippen LogP contribution in [0.4, 0.5) is 5.82 Å². The first-order chi connectivity index (χ1) is 15.2. The molecule has 31 heavy (non-hydrogen) atoms. The Morgan fingerprint density at radius 2 is 1.81 bits per heavy atom. The second-order valence-electron chi connectivity index (χ2n) is 7.00. The smallest absolute Gasteiger partial charge is 0.344 e. The van der Waals surface area contributed by atoms with Gasteiger partial charge in [0.15, 0.2) is 18.1 Å². The number of ether oxygens (including phenoxy) is 2. The SMILES string of the molecule is Nc1ncnc2c1ncn2CCCOC(=O)COc1ccccc1Cc1ccccc1. The number of carbonyl (C=O) groups is 1. The minimum Gasteiger partial charge on any atom is -0.482 e. The van der Waals surface area contributed by atoms with E-state index in [0.717, 1.165) is 12.0 Å². The highest BCUT2D eigenvalue weighted by atomic mass is 16.6. The van der Waals surface area contributed by atoms with Crippen molar-refractivity contribution in [2.24, 2.45) is 0 Å². The predicted molar refractivity (Wildman–Crippen MR) is 116 cm³/mol. The van der Waals surface area contributed by atoms with E-state index in [4.69, 9.17) is 15.2 Å². The number of aromatic nitrogens is 4. The van der Waals surface area contributed by atoms with Crippen LogP contribution in [0.15, 0.2) is 67.3 Å². The van der Waals surface area contributed by atoms with Gasteiger partial charge in [-0.25, -0.2) is 19.7 Å². The van der Waals surface area contributed by atoms with E-state index in [9.17, 15) is 4.79 Å². The van der Waals surface area contributed by atoms with Crippen LogP contribution >= 0.6 is 0 Å². The van der Waals surface area contributed by atoms with Crippen LogP contribution < -0.4 is 10.5 Å². The molecule has 0 radical (unpaired) electrons. The van der Waals surface area contributed by atoms with Crippen LogP contribution in [0, 0.1) is 0 Å². The van der Waals surface area contributed by atoms with E-state index in [1.807, 2.05) is 47.0 Å². The zero-order valence-corrected chi connectivity index (χ0v) is 17.0. The van der Waals surface area contributed by atoms with Gasteiger partial charge in [-0.2, -0.15) is 0 Å². The second kappa shape index (κ2) is 9.71. The van der Waals surface area contributed by atoms with Crippen molar-refractivity contribution in [1.82, 2.24) is 19.5 Å². The Morgan fingerprint density at radius 1 is 1.00 bits per heavy atom. The number of para-hydroxylation sites is 1. The number of anilines is 1. The number of aryl methyl sites for hydroxylation is 1. The number of benzene rings is 2. The summed E-state index contributed by atoms with van der Waals surface area (Å²) in [4.78, 5) is 24.4. The van der Waals surface area contributed by atoms with Crippen molar-refractivity contribution in [3.8, 4) is 5.75 Å². The molecule has 4 rings (SSSR count). The Morgan fingerprint density at radius 3 is 2.68 bits per heavy atom. The molecule has 0 fully saturated rings. The molecule has 0 aliphatic rings. The first kappa shape index (κ1) is 20.3. The first-order valence-electron chi connectivity index (χ1n) is 10.0. The molecule has 158 valence electrons. The van der Waals surface area contributed by atoms with Crippen LogP contribution in [0.5, 0.6) is 5.75 Å². The molecule has 4 aromatic rings. The zero-order chi connectivity index (χ0) is 21.5. The van der Waals surface area contributed by atoms with Gasteiger partial charge in [-0.3, -0.25) is 0 Å². The van der Waals surface area contributed by atoms with E-state index in [-0.39, 0.29) is 13.2 Å². The van der Waals surface area contributed by atoms with Gasteiger partial charge >= 0.3 is 5.97 Å². The maximum Gasteiger partial charge on any atom is 0.344 e. The van der Waals surface area contributed by atoms with Gasteiger partial charge in [0.2, 0.25) is 0 Å². The largest absolute Gasteiger partial charge is 0.482 e. The number of nitrogen functional groups attached to an aromatic ring is 1. The number of imidazole rings is 1. The van der Waals surface area contributed by atoms with Crippen molar-refractivity contribution in [3.05, 3.63) is 78.4 Å². The maximum absolute atomic E-state index is 12.1. The number of fused-ring (bicyclic) bond motifs is 1. The monoisotopic (exact) mass is 417 g/mol. The van der Waals surface area contributed by atoms with Gasteiger partial charge in [0, 0.05) is 13.0 Å². The average molecular weight is 417 g/mol. The van der Waals surface area contributed by atoms with Crippen LogP contribution in [-0.2, 0) is 22.5 Å². The molecule has 0 saturated carbocycles. The Balaban J connectivity index is 1.24. The van der Waals surface area contributed by atoms with Crippen molar-refractivity contribution in [1.29, 1.82) is 0 Å². The molecule has 0 bridgehead atoms. The van der Waals surface area contributed by atoms with Gasteiger partial charge in [0.25, 0.3) is 0 Å². The lowest BCUT2D eigenvalue weighted by atomic mass is 10.0. The number of nitrogens with two attached hydrogens (primary N) is 1. The summed E-state index contributed by atoms with van der Waals surface area (Å²) in [5.41, 5.74) is 9.23. The third-order valence-electron chi connectivity index (χ3n) is 4.79. The van der Waals surface area contributed by atoms with Gasteiger partial charge < -0.3 is 19.8 Å². The van der Waals surface area contributed by atoms with Gasteiger partial charge in [-0.15, -0.1) is 0 Å². The molecule has 2 aromatic carbocycles. The van der Waals surface area contributed by atoms with E-state index in [2.05, 4.69) is 27.1 Å². The lowest BCUT2D eigenvalue weighted by molar-refractivity contribution is -0.146. The predicted octanol–water partition coefficient (Wildman–Crippen LogP) is 3.01. The number of nitrogens with zero attached hydrogens (tertiary/aromatic N) is 4. The Bertz CT molecular complexity index is 1160. The molecule has 2 N–H and O–H groups in total. The molecule has 0 saturated heterocycles. The fourth-order valence-corrected chi connectivity index (χ4v) is 3.27. The Labute approximate surface area is 179 Å². The highest BCUT2D eigenvalue weighted by Gasteiger charge is 2.10. The first-order valence-corrected chi connectivity index (χ1v) is 10.0. The third kappa shape index (κ3) is 5.16. The van der Waals surface area contributed by atoms with Crippen molar-refractivity contribution >= 4 is 23.0 Å². The molecule has 0 aliphatic carbocycles. The Kier molecular flexibility index (Phi) is 6.37. The third-order valence-corrected chi connectivity index (χ3v) is 4.79. The molecule has 2 aromatic heterocycles. The van der Waals surface area contributed by atoms with Crippen molar-refractivity contribution in [3.63, 3.8) is 0 Å². The molecule has 0 atom stereocenters. The van der Waals surface area contributed by atoms with Crippen LogP contribution in [0.2, 0.25) is 0 Å². The fourth-order valence-electron chi connectivity index (χ4n) is 3.27. The van der Waals surface area contributed by atoms with Gasteiger partial charge in [0.1, 0.15) is 17.6 Å². The van der Waals surface area contributed by atoms with Crippen LogP contribution in [-0.4, -0.2) is 38.7 Å². The van der Waals surface area contributed by atoms with E-state index < -0.39 is 5.97 Å². The molecular formula is C23H23N5O3. The van der Waals surface area contributed by atoms with Gasteiger partial charge in [-0.1, -0.05) is 48.5 Å². The summed E-state index contributed by atoms with van der Waals surface area (Å²) in [7, 11) is 0. The van der Waals surface area contributed by atoms with Crippen molar-refractivity contribution in [2.45, 2.75) is 19.4 Å². The maximum atomic E-state index is 12.1. The highest BCUT2D eigenvalue weighted by molar-refractivity contribution is 5.81. The molecule has 0 aliphatic heterocycles. The van der Waals surface area contributed by atoms with Crippen molar-refractivity contribution in [2.75, 3.05) is 18.9 Å². The Hall–Kier alpha value is -3.94. The molecule has 8 nitrogen and oxygen atoms in total. The number of rotatable bonds is 9. The standard InChI is InChI=1S/C23H23N5O3/c24-22-21-23(26-15-25-22)28(16-27-21)11-6-12-30-20(29)14-31-19-10-5-4-9-18(19)13-17-7-2-1-3-8-17/h1-5,7-10,15-16H,6,11-14H2,(H2,24,25,26). The van der Waals surface area contributed by atoms with Gasteiger partial charge in [-0.05, 0) is 23.6 Å². The lowest BCUT2D eigenvalue weighted by Crippen LogP contribution is -2.16. The summed E-state index contributed by atoms with van der Waals surface area (Å²) in [6.45, 7) is 0.735. The quantitative estimate of drug-likeness (QED) is 0.330. The minimum atomic E-state index is -0.406. The summed E-state index contributed by atoms with van der Waals surface area (Å²) in [5, 5.41) is 0. The molecule has 0 unspecified atom stereocenters. The van der Waals surface area contributed by atoms with Crippen LogP contribution in [0.1, 0.15) is 17.5 Å². The second-order valence-corrected chi connectivity index (χ2v) is 7.00. The van der Waals surface area contributed by atoms with E-state index in [0.29, 0.717) is 35.7 Å². The van der Waals surface area contributed by atoms with E-state index >= 15 is 0 Å². The molecule has 2 heterocycles. The summed E-state index contributed by atoms with van der Waals surface area (Å²) in [6.07, 6.45) is 4.41. The average Bonchev–Trinajstić information content (AvgIpc) is 3.21. The van der Waals surface area contributed by atoms with Gasteiger partial charge in [0.05, 0.1) is 12.9 Å². The van der Waals surface area contributed by atoms with E-state index in [1.165, 1.54) is 11.9 Å². The summed E-state index contributed by atoms with van der Waals surface area (Å²) < 4.78 is 12.9. The number of esters is 1. The normalized spacial score (nSPS) is 10.8. The summed E-state index contributed by atoms with van der Waals surface area (Å²) in [5.74, 6) is 0.627. The summed E-state index contributed by atoms with van der Waals surface area (Å²) >= 11 is 0. The lowest BCUT2D eigenvalue weighted by Gasteiger charge is -2.11. The number of carbonyl (C=O) groups excluding carboxylic acids is 1. The molecular weight excluding hydrogens is 394 g/mol. The number of hydrogen-bond donors (Lipinski definition) is 1. The fraction of sp³-hybridized carbons (Fsp3) is 0.217. The minimum absolute atomic E-state index is 0.135. The van der Waals surface area contributed by atoms with Crippen LogP contribution in [0.25, 0.3) is 11.2 Å².